The maximum Gasteiger partial charge on any atom is 0.270 e. The Morgan fingerprint density at radius 1 is 1.00 bits per heavy atom. The Morgan fingerprint density at radius 2 is 1.66 bits per heavy atom. The van der Waals surface area contributed by atoms with E-state index in [1.807, 2.05) is 0 Å². The first-order valence-corrected chi connectivity index (χ1v) is 10.9. The Morgan fingerprint density at radius 3 is 2.28 bits per heavy atom. The number of hydrogen-bond donors (Lipinski definition) is 0. The molecule has 1 aliphatic heterocycles. The molecular weight excluding hydrogens is 392 g/mol. The summed E-state index contributed by atoms with van der Waals surface area (Å²) in [6, 6.07) is 11.8. The number of nitro benzene ring substituents is 1. The number of hydrogen-bond acceptors (Lipinski definition) is 5. The maximum atomic E-state index is 12.8. The summed E-state index contributed by atoms with van der Waals surface area (Å²) in [5, 5.41) is 10.8. The van der Waals surface area contributed by atoms with Crippen LogP contribution in [0.5, 0.6) is 0 Å². The highest BCUT2D eigenvalue weighted by Crippen LogP contribution is 2.21. The van der Waals surface area contributed by atoms with Gasteiger partial charge >= 0.3 is 0 Å². The van der Waals surface area contributed by atoms with Crippen LogP contribution in [0.4, 0.5) is 5.69 Å². The second-order valence-electron chi connectivity index (χ2n) is 6.89. The van der Waals surface area contributed by atoms with Crippen molar-refractivity contribution in [1.82, 2.24) is 4.31 Å². The van der Waals surface area contributed by atoms with E-state index in [2.05, 4.69) is 0 Å². The van der Waals surface area contributed by atoms with E-state index >= 15 is 0 Å². The van der Waals surface area contributed by atoms with Crippen molar-refractivity contribution in [1.29, 1.82) is 0 Å². The largest absolute Gasteiger partial charge is 0.289 e. The average molecular weight is 414 g/mol. The smallest absolute Gasteiger partial charge is 0.270 e. The number of carbonyl (C=O) groups is 1. The van der Waals surface area contributed by atoms with E-state index in [1.54, 1.807) is 12.1 Å². The first kappa shape index (κ1) is 20.9. The summed E-state index contributed by atoms with van der Waals surface area (Å²) in [5.41, 5.74) is 0.831. The Hall–Kier alpha value is -2.84. The summed E-state index contributed by atoms with van der Waals surface area (Å²) in [5.74, 6) is -0.310. The molecule has 0 aromatic heterocycles. The number of allylic oxidation sites excluding steroid dienone is 1. The number of nitro groups is 1. The Labute approximate surface area is 169 Å². The normalized spacial score (nSPS) is 15.9. The number of rotatable bonds is 6. The predicted octanol–water partition coefficient (Wildman–Crippen LogP) is 4.06. The molecule has 0 radical (unpaired) electrons. The first-order valence-electron chi connectivity index (χ1n) is 9.45. The highest BCUT2D eigenvalue weighted by Gasteiger charge is 2.25. The number of nitrogens with zero attached hydrogens (tertiary/aromatic N) is 2. The predicted molar refractivity (Wildman–Crippen MR) is 110 cm³/mol. The molecule has 0 spiro atoms. The topological polar surface area (TPSA) is 97.6 Å². The van der Waals surface area contributed by atoms with Gasteiger partial charge in [-0.25, -0.2) is 8.42 Å². The van der Waals surface area contributed by atoms with Gasteiger partial charge < -0.3 is 0 Å². The Kier molecular flexibility index (Phi) is 6.56. The second kappa shape index (κ2) is 9.11. The van der Waals surface area contributed by atoms with Gasteiger partial charge in [0.25, 0.3) is 5.69 Å². The first-order chi connectivity index (χ1) is 13.9. The third-order valence-corrected chi connectivity index (χ3v) is 6.76. The van der Waals surface area contributed by atoms with Crippen molar-refractivity contribution < 1.29 is 18.1 Å². The van der Waals surface area contributed by atoms with Crippen molar-refractivity contribution in [3.05, 3.63) is 75.8 Å². The summed E-state index contributed by atoms with van der Waals surface area (Å²) in [6.07, 6.45) is 6.61. The van der Waals surface area contributed by atoms with Gasteiger partial charge in [0.1, 0.15) is 0 Å². The van der Waals surface area contributed by atoms with Crippen LogP contribution < -0.4 is 0 Å². The molecule has 2 aromatic rings. The Balaban J connectivity index is 1.73. The molecule has 1 saturated heterocycles. The highest BCUT2D eigenvalue weighted by atomic mass is 32.2. The molecule has 2 aromatic carbocycles. The zero-order chi connectivity index (χ0) is 20.9. The van der Waals surface area contributed by atoms with E-state index in [0.717, 1.165) is 25.7 Å². The van der Waals surface area contributed by atoms with Gasteiger partial charge in [-0.1, -0.05) is 31.1 Å². The number of benzene rings is 2. The van der Waals surface area contributed by atoms with Crippen LogP contribution in [0, 0.1) is 10.1 Å². The number of non-ortho nitro benzene ring substituents is 1. The zero-order valence-electron chi connectivity index (χ0n) is 15.9. The van der Waals surface area contributed by atoms with E-state index in [-0.39, 0.29) is 16.4 Å². The molecular formula is C21H22N2O5S. The van der Waals surface area contributed by atoms with E-state index in [1.165, 1.54) is 52.9 Å². The van der Waals surface area contributed by atoms with Gasteiger partial charge in [0.05, 0.1) is 9.82 Å². The van der Waals surface area contributed by atoms with E-state index in [4.69, 9.17) is 0 Å². The molecule has 8 heteroatoms. The third-order valence-electron chi connectivity index (χ3n) is 4.85. The van der Waals surface area contributed by atoms with Gasteiger partial charge in [0, 0.05) is 30.8 Å². The summed E-state index contributed by atoms with van der Waals surface area (Å²) in [6.45, 7) is 1.05. The van der Waals surface area contributed by atoms with Gasteiger partial charge in [-0.05, 0) is 48.7 Å². The summed E-state index contributed by atoms with van der Waals surface area (Å²) >= 11 is 0. The van der Waals surface area contributed by atoms with Crippen molar-refractivity contribution >= 4 is 27.6 Å². The minimum atomic E-state index is -3.56. The van der Waals surface area contributed by atoms with Gasteiger partial charge in [-0.15, -0.1) is 0 Å². The van der Waals surface area contributed by atoms with Gasteiger partial charge in [-0.3, -0.25) is 14.9 Å². The fourth-order valence-electron chi connectivity index (χ4n) is 3.23. The molecule has 0 amide bonds. The van der Waals surface area contributed by atoms with Crippen molar-refractivity contribution in [3.8, 4) is 0 Å². The lowest BCUT2D eigenvalue weighted by molar-refractivity contribution is -0.384. The lowest BCUT2D eigenvalue weighted by Gasteiger charge is -2.19. The van der Waals surface area contributed by atoms with Crippen LogP contribution in [0.3, 0.4) is 0 Å². The maximum absolute atomic E-state index is 12.8. The van der Waals surface area contributed by atoms with E-state index < -0.39 is 14.9 Å². The lowest BCUT2D eigenvalue weighted by Crippen LogP contribution is -2.31. The van der Waals surface area contributed by atoms with Gasteiger partial charge in [0.2, 0.25) is 10.0 Å². The van der Waals surface area contributed by atoms with E-state index in [9.17, 15) is 23.3 Å². The van der Waals surface area contributed by atoms with Crippen LogP contribution in [-0.2, 0) is 10.0 Å². The molecule has 0 atom stereocenters. The van der Waals surface area contributed by atoms with Crippen LogP contribution in [0.15, 0.2) is 59.5 Å². The fraction of sp³-hybridized carbons (Fsp3) is 0.286. The van der Waals surface area contributed by atoms with Crippen LogP contribution >= 0.6 is 0 Å². The number of sulfonamides is 1. The van der Waals surface area contributed by atoms with Crippen LogP contribution in [0.1, 0.15) is 41.6 Å². The molecule has 29 heavy (non-hydrogen) atoms. The minimum absolute atomic E-state index is 0.0531. The molecule has 0 N–H and O–H groups in total. The zero-order valence-corrected chi connectivity index (χ0v) is 16.7. The SMILES string of the molecule is O=C(C=Cc1cccc([N+](=O)[O-])c1)c1ccc(S(=O)(=O)N2CCCCCC2)cc1. The van der Waals surface area contributed by atoms with E-state index in [0.29, 0.717) is 24.2 Å². The molecule has 1 fully saturated rings. The fourth-order valence-corrected chi connectivity index (χ4v) is 4.75. The molecule has 0 saturated carbocycles. The minimum Gasteiger partial charge on any atom is -0.289 e. The van der Waals surface area contributed by atoms with Crippen LogP contribution in [0.25, 0.3) is 6.08 Å². The monoisotopic (exact) mass is 414 g/mol. The van der Waals surface area contributed by atoms with Crippen molar-refractivity contribution in [2.24, 2.45) is 0 Å². The summed E-state index contributed by atoms with van der Waals surface area (Å²) in [7, 11) is -3.56. The highest BCUT2D eigenvalue weighted by molar-refractivity contribution is 7.89. The quantitative estimate of drug-likeness (QED) is 0.307. The molecule has 3 rings (SSSR count). The molecule has 0 aliphatic carbocycles. The summed E-state index contributed by atoms with van der Waals surface area (Å²) in [4.78, 5) is 22.9. The molecule has 152 valence electrons. The molecule has 1 aliphatic rings. The molecule has 7 nitrogen and oxygen atoms in total. The Bertz CT molecular complexity index is 1020. The molecule has 0 unspecified atom stereocenters. The number of carbonyl (C=O) groups excluding carboxylic acids is 1. The lowest BCUT2D eigenvalue weighted by atomic mass is 10.1. The van der Waals surface area contributed by atoms with Crippen molar-refractivity contribution in [2.45, 2.75) is 30.6 Å². The van der Waals surface area contributed by atoms with Gasteiger partial charge in [-0.2, -0.15) is 4.31 Å². The second-order valence-corrected chi connectivity index (χ2v) is 8.83. The molecule has 1 heterocycles. The standard InChI is InChI=1S/C21H22N2O5S/c24-21(13-8-17-6-5-7-19(16-17)23(25)26)18-9-11-20(12-10-18)29(27,28)22-14-3-1-2-4-15-22/h5-13,16H,1-4,14-15H2. The number of ketones is 1. The van der Waals surface area contributed by atoms with Gasteiger partial charge in [0.15, 0.2) is 5.78 Å². The third kappa shape index (κ3) is 5.16. The summed E-state index contributed by atoms with van der Waals surface area (Å²) < 4.78 is 27.1. The van der Waals surface area contributed by atoms with Crippen LogP contribution in [-0.4, -0.2) is 36.5 Å². The van der Waals surface area contributed by atoms with Crippen molar-refractivity contribution in [2.75, 3.05) is 13.1 Å². The molecule has 0 bridgehead atoms. The van der Waals surface area contributed by atoms with Crippen molar-refractivity contribution in [3.63, 3.8) is 0 Å². The van der Waals surface area contributed by atoms with Crippen LogP contribution in [0.2, 0.25) is 0 Å². The average Bonchev–Trinajstić information content (AvgIpc) is 3.02.